The molecule has 0 heterocycles. The molecule has 0 aromatic heterocycles. The van der Waals surface area contributed by atoms with Crippen LogP contribution in [0.15, 0.2) is 0 Å². The molecule has 0 amide bonds. The lowest BCUT2D eigenvalue weighted by Gasteiger charge is -2.12. The monoisotopic (exact) mass is 220 g/mol. The number of Topliss-reactive ketones (excluding diaryl/α,β-unsaturated/α-hetero) is 1. The van der Waals surface area contributed by atoms with Crippen LogP contribution in [0, 0.1) is 5.92 Å². The maximum atomic E-state index is 11.5. The van der Waals surface area contributed by atoms with Crippen molar-refractivity contribution in [3.63, 3.8) is 0 Å². The first-order valence-corrected chi connectivity index (χ1v) is 6.96. The fourth-order valence-electron chi connectivity index (χ4n) is 1.34. The second-order valence-corrected chi connectivity index (χ2v) is 6.40. The molecule has 4 heteroatoms. The third-order valence-corrected chi connectivity index (χ3v) is 3.97. The minimum absolute atomic E-state index is 0.159. The van der Waals surface area contributed by atoms with Gasteiger partial charge in [-0.05, 0) is 12.8 Å². The topological polar surface area (TPSA) is 51.2 Å². The maximum Gasteiger partial charge on any atom is 0.157 e. The van der Waals surface area contributed by atoms with Gasteiger partial charge in [-0.3, -0.25) is 4.79 Å². The Morgan fingerprint density at radius 3 is 2.14 bits per heavy atom. The summed E-state index contributed by atoms with van der Waals surface area (Å²) < 4.78 is 22.2. The van der Waals surface area contributed by atoms with E-state index in [1.54, 1.807) is 0 Å². The molecule has 0 radical (unpaired) electrons. The third-order valence-electron chi connectivity index (χ3n) is 2.43. The number of ketones is 1. The van der Waals surface area contributed by atoms with Crippen LogP contribution in [-0.4, -0.2) is 25.7 Å². The summed E-state index contributed by atoms with van der Waals surface area (Å²) in [6, 6.07) is 0. The Balaban J connectivity index is 4.22. The Labute approximate surface area is 86.8 Å². The van der Waals surface area contributed by atoms with Gasteiger partial charge in [0.05, 0.1) is 0 Å². The predicted molar refractivity (Wildman–Crippen MR) is 58.0 cm³/mol. The summed E-state index contributed by atoms with van der Waals surface area (Å²) >= 11 is 0. The van der Waals surface area contributed by atoms with Crippen molar-refractivity contribution in [3.05, 3.63) is 0 Å². The van der Waals surface area contributed by atoms with Crippen molar-refractivity contribution in [1.29, 1.82) is 0 Å². The van der Waals surface area contributed by atoms with Gasteiger partial charge in [-0.2, -0.15) is 0 Å². The molecule has 0 spiro atoms. The molecule has 0 aromatic rings. The van der Waals surface area contributed by atoms with Crippen LogP contribution in [0.1, 0.15) is 40.0 Å². The number of sulfone groups is 1. The average Bonchev–Trinajstić information content (AvgIpc) is 2.01. The molecule has 0 aliphatic rings. The van der Waals surface area contributed by atoms with E-state index in [0.717, 1.165) is 19.1 Å². The Bertz CT molecular complexity index is 280. The summed E-state index contributed by atoms with van der Waals surface area (Å²) in [5.41, 5.74) is 0. The molecule has 0 rings (SSSR count). The first-order valence-electron chi connectivity index (χ1n) is 5.00. The number of hydrogen-bond donors (Lipinski definition) is 0. The van der Waals surface area contributed by atoms with Crippen LogP contribution < -0.4 is 0 Å². The van der Waals surface area contributed by atoms with Crippen LogP contribution in [0.3, 0.4) is 0 Å². The molecule has 0 N–H and O–H groups in total. The van der Waals surface area contributed by atoms with E-state index in [9.17, 15) is 13.2 Å². The number of carbonyl (C=O) groups is 1. The highest BCUT2D eigenvalue weighted by atomic mass is 32.2. The van der Waals surface area contributed by atoms with Crippen LogP contribution in [0.25, 0.3) is 0 Å². The Kier molecular flexibility index (Phi) is 5.34. The fraction of sp³-hybridized carbons (Fsp3) is 0.900. The van der Waals surface area contributed by atoms with Gasteiger partial charge in [0.25, 0.3) is 0 Å². The lowest BCUT2D eigenvalue weighted by molar-refractivity contribution is -0.119. The molecular weight excluding hydrogens is 200 g/mol. The van der Waals surface area contributed by atoms with Crippen molar-refractivity contribution in [2.24, 2.45) is 5.92 Å². The van der Waals surface area contributed by atoms with Crippen LogP contribution >= 0.6 is 0 Å². The number of rotatable bonds is 6. The molecule has 0 saturated heterocycles. The largest absolute Gasteiger partial charge is 0.298 e. The minimum atomic E-state index is -3.21. The fourth-order valence-corrected chi connectivity index (χ4v) is 1.92. The summed E-state index contributed by atoms with van der Waals surface area (Å²) in [6.07, 6.45) is 3.49. The molecular formula is C10H20O3S. The zero-order valence-electron chi connectivity index (χ0n) is 9.41. The summed E-state index contributed by atoms with van der Waals surface area (Å²) in [6.45, 7) is 5.51. The molecule has 0 aliphatic heterocycles. The van der Waals surface area contributed by atoms with E-state index in [4.69, 9.17) is 0 Å². The van der Waals surface area contributed by atoms with E-state index in [-0.39, 0.29) is 11.7 Å². The second-order valence-electron chi connectivity index (χ2n) is 4.04. The molecule has 0 fully saturated rings. The molecule has 14 heavy (non-hydrogen) atoms. The van der Waals surface area contributed by atoms with E-state index in [2.05, 4.69) is 6.92 Å². The highest BCUT2D eigenvalue weighted by Crippen LogP contribution is 2.13. The van der Waals surface area contributed by atoms with Gasteiger partial charge in [0.15, 0.2) is 15.6 Å². The van der Waals surface area contributed by atoms with Crippen molar-refractivity contribution in [2.75, 3.05) is 6.26 Å². The van der Waals surface area contributed by atoms with Crippen LogP contribution in [-0.2, 0) is 14.6 Å². The summed E-state index contributed by atoms with van der Waals surface area (Å²) in [5, 5.41) is -0.846. The summed E-state index contributed by atoms with van der Waals surface area (Å²) in [7, 11) is -3.21. The first kappa shape index (κ1) is 13.6. The normalized spacial score (nSPS) is 16.3. The third kappa shape index (κ3) is 4.74. The van der Waals surface area contributed by atoms with Gasteiger partial charge >= 0.3 is 0 Å². The van der Waals surface area contributed by atoms with Crippen molar-refractivity contribution in [1.82, 2.24) is 0 Å². The van der Waals surface area contributed by atoms with Gasteiger partial charge < -0.3 is 0 Å². The lowest BCUT2D eigenvalue weighted by Crippen LogP contribution is -2.27. The molecule has 2 unspecified atom stereocenters. The van der Waals surface area contributed by atoms with Gasteiger partial charge in [-0.25, -0.2) is 8.42 Å². The Morgan fingerprint density at radius 2 is 1.79 bits per heavy atom. The van der Waals surface area contributed by atoms with Crippen molar-refractivity contribution >= 4 is 15.6 Å². The maximum absolute atomic E-state index is 11.5. The quantitative estimate of drug-likeness (QED) is 0.686. The summed E-state index contributed by atoms with van der Waals surface area (Å²) in [5.74, 6) is 0.130. The molecule has 84 valence electrons. The van der Waals surface area contributed by atoms with Crippen molar-refractivity contribution < 1.29 is 13.2 Å². The first-order chi connectivity index (χ1) is 6.29. The smallest absolute Gasteiger partial charge is 0.157 e. The number of carbonyl (C=O) groups excluding carboxylic acids is 1. The van der Waals surface area contributed by atoms with Crippen LogP contribution in [0.5, 0.6) is 0 Å². The lowest BCUT2D eigenvalue weighted by atomic mass is 9.99. The number of hydrogen-bond acceptors (Lipinski definition) is 3. The molecule has 0 saturated carbocycles. The summed E-state index contributed by atoms with van der Waals surface area (Å²) in [4.78, 5) is 11.5. The van der Waals surface area contributed by atoms with Crippen molar-refractivity contribution in [2.45, 2.75) is 45.3 Å². The minimum Gasteiger partial charge on any atom is -0.298 e. The van der Waals surface area contributed by atoms with E-state index >= 15 is 0 Å². The zero-order valence-corrected chi connectivity index (χ0v) is 10.2. The molecule has 0 aliphatic carbocycles. The molecule has 3 nitrogen and oxygen atoms in total. The van der Waals surface area contributed by atoms with E-state index in [1.165, 1.54) is 6.92 Å². The van der Waals surface area contributed by atoms with Gasteiger partial charge in [-0.15, -0.1) is 0 Å². The SMILES string of the molecule is CCCC(C)CC(=O)C(C)S(C)(=O)=O. The van der Waals surface area contributed by atoms with Gasteiger partial charge in [0, 0.05) is 12.7 Å². The standard InChI is InChI=1S/C10H20O3S/c1-5-6-8(2)7-10(11)9(3)14(4,12)13/h8-9H,5-7H2,1-4H3. The van der Waals surface area contributed by atoms with Crippen LogP contribution in [0.2, 0.25) is 0 Å². The van der Waals surface area contributed by atoms with Gasteiger partial charge in [-0.1, -0.05) is 26.7 Å². The Morgan fingerprint density at radius 1 is 1.29 bits per heavy atom. The Hall–Kier alpha value is -0.380. The highest BCUT2D eigenvalue weighted by Gasteiger charge is 2.24. The average molecular weight is 220 g/mol. The molecule has 2 atom stereocenters. The van der Waals surface area contributed by atoms with Crippen LogP contribution in [0.4, 0.5) is 0 Å². The van der Waals surface area contributed by atoms with E-state index < -0.39 is 15.1 Å². The predicted octanol–water partition coefficient (Wildman–Crippen LogP) is 1.81. The highest BCUT2D eigenvalue weighted by molar-refractivity contribution is 7.92. The van der Waals surface area contributed by atoms with E-state index in [1.807, 2.05) is 6.92 Å². The van der Waals surface area contributed by atoms with Crippen molar-refractivity contribution in [3.8, 4) is 0 Å². The second kappa shape index (κ2) is 5.49. The molecule has 0 bridgehead atoms. The molecule has 0 aromatic carbocycles. The zero-order chi connectivity index (χ0) is 11.4. The van der Waals surface area contributed by atoms with E-state index in [0.29, 0.717) is 6.42 Å². The van der Waals surface area contributed by atoms with Gasteiger partial charge in [0.2, 0.25) is 0 Å². The van der Waals surface area contributed by atoms with Gasteiger partial charge in [0.1, 0.15) is 5.25 Å².